The monoisotopic (exact) mass is 1090 g/mol. The number of aryl methyl sites for hydroxylation is 8. The second-order valence-corrected chi connectivity index (χ2v) is 20.8. The number of rotatable bonds is 9. The summed E-state index contributed by atoms with van der Waals surface area (Å²) in [5.41, 5.74) is 12.2. The van der Waals surface area contributed by atoms with Gasteiger partial charge in [0.05, 0.1) is 50.4 Å². The zero-order chi connectivity index (χ0) is 57.5. The second-order valence-electron chi connectivity index (χ2n) is 20.8. The smallest absolute Gasteiger partial charge is 0.163 e. The predicted molar refractivity (Wildman–Crippen MR) is 325 cm³/mol. The molecule has 17 nitrogen and oxygen atoms in total. The predicted octanol–water partition coefficient (Wildman–Crippen LogP) is 13.4. The lowest BCUT2D eigenvalue weighted by Gasteiger charge is -2.19. The van der Waals surface area contributed by atoms with Gasteiger partial charge in [-0.05, 0) is 146 Å². The molecule has 0 atom stereocenters. The van der Waals surface area contributed by atoms with Crippen LogP contribution in [-0.4, -0.2) is 78.9 Å². The Labute approximate surface area is 481 Å². The second kappa shape index (κ2) is 20.1. The summed E-state index contributed by atoms with van der Waals surface area (Å²) in [6.45, 7) is 15.0. The van der Waals surface area contributed by atoms with Crippen LogP contribution in [0.3, 0.4) is 0 Å². The van der Waals surface area contributed by atoms with Crippen molar-refractivity contribution in [3.8, 4) is 96.9 Å². The van der Waals surface area contributed by atoms with Crippen molar-refractivity contribution in [3.05, 3.63) is 204 Å². The lowest BCUT2D eigenvalue weighted by atomic mass is 10.0. The zero-order valence-electron chi connectivity index (χ0n) is 47.0. The van der Waals surface area contributed by atoms with E-state index in [1.165, 1.54) is 0 Å². The Morgan fingerprint density at radius 3 is 0.905 bits per heavy atom. The van der Waals surface area contributed by atoms with Gasteiger partial charge in [-0.15, -0.1) is 0 Å². The van der Waals surface area contributed by atoms with Crippen molar-refractivity contribution in [3.63, 3.8) is 0 Å². The number of fused-ring (bicyclic) bond motifs is 6. The fraction of sp³-hybridized carbons (Fsp3) is 0.119. The number of aromatic nitrogens is 16. The lowest BCUT2D eigenvalue weighted by Crippen LogP contribution is -2.06. The largest absolute Gasteiger partial charge is 0.308 e. The first-order valence-electron chi connectivity index (χ1n) is 27.3. The minimum atomic E-state index is 0.395. The van der Waals surface area contributed by atoms with Gasteiger partial charge in [0.15, 0.2) is 29.1 Å². The molecular weight excluding hydrogens is 1040 g/mol. The van der Waals surface area contributed by atoms with E-state index in [1.807, 2.05) is 128 Å². The third-order valence-corrected chi connectivity index (χ3v) is 14.8. The lowest BCUT2D eigenvalue weighted by molar-refractivity contribution is 0.928. The Kier molecular flexibility index (Phi) is 12.2. The molecule has 7 aromatic heterocycles. The van der Waals surface area contributed by atoms with E-state index < -0.39 is 0 Å². The van der Waals surface area contributed by atoms with Crippen molar-refractivity contribution in [2.75, 3.05) is 0 Å². The molecule has 0 saturated carbocycles. The van der Waals surface area contributed by atoms with Crippen molar-refractivity contribution in [2.45, 2.75) is 55.4 Å². The summed E-state index contributed by atoms with van der Waals surface area (Å²) >= 11 is 0. The first-order valence-corrected chi connectivity index (χ1v) is 27.3. The summed E-state index contributed by atoms with van der Waals surface area (Å²) in [6.07, 6.45) is 0. The van der Waals surface area contributed by atoms with Gasteiger partial charge < -0.3 is 9.13 Å². The standard InChI is InChI=1S/C67H49N17/c1-35-69-36(2)74-63(73-35)45-19-23-57-50(27-45)51-28-46(64-75-37(3)70-38(4)76-64)20-24-58(51)83(57)61-32-54(67-81-55(43-15-11-9-12-16-43)33-56(82-67)44-17-13-10-14-18-44)62(31-49(61)34-68)84-59-25-21-47(65-77-39(5)71-40(6)78-65)29-52(59)53-30-48(22-26-60(53)84)66-79-41(7)72-42(8)80-66/h9-33H,1-8H3. The molecule has 0 aliphatic heterocycles. The number of nitriles is 1. The Hall–Kier alpha value is -11.3. The van der Waals surface area contributed by atoms with Crippen LogP contribution in [0.5, 0.6) is 0 Å². The molecule has 7 aromatic carbocycles. The van der Waals surface area contributed by atoms with E-state index in [0.29, 0.717) is 98.2 Å². The molecule has 0 saturated heterocycles. The summed E-state index contributed by atoms with van der Waals surface area (Å²) in [6, 6.07) is 53.9. The van der Waals surface area contributed by atoms with E-state index in [9.17, 15) is 5.26 Å². The number of benzene rings is 7. The van der Waals surface area contributed by atoms with E-state index in [1.54, 1.807) is 0 Å². The van der Waals surface area contributed by atoms with E-state index in [2.05, 4.69) is 114 Å². The van der Waals surface area contributed by atoms with Crippen molar-refractivity contribution >= 4 is 43.6 Å². The van der Waals surface area contributed by atoms with Crippen LogP contribution < -0.4 is 0 Å². The molecule has 0 spiro atoms. The highest BCUT2D eigenvalue weighted by Crippen LogP contribution is 2.43. The minimum Gasteiger partial charge on any atom is -0.308 e. The van der Waals surface area contributed by atoms with Gasteiger partial charge >= 0.3 is 0 Å². The van der Waals surface area contributed by atoms with Crippen LogP contribution in [0, 0.1) is 66.7 Å². The summed E-state index contributed by atoms with van der Waals surface area (Å²) in [7, 11) is 0. The number of hydrogen-bond donors (Lipinski definition) is 0. The van der Waals surface area contributed by atoms with Crippen molar-refractivity contribution in [1.82, 2.24) is 78.9 Å². The molecule has 14 rings (SSSR count). The zero-order valence-corrected chi connectivity index (χ0v) is 47.0. The maximum Gasteiger partial charge on any atom is 0.163 e. The Morgan fingerprint density at radius 1 is 0.286 bits per heavy atom. The fourth-order valence-corrected chi connectivity index (χ4v) is 11.4. The maximum absolute atomic E-state index is 11.8. The molecule has 17 heteroatoms. The molecule has 0 unspecified atom stereocenters. The molecule has 0 bridgehead atoms. The Morgan fingerprint density at radius 2 is 0.595 bits per heavy atom. The molecule has 7 heterocycles. The highest BCUT2D eigenvalue weighted by atomic mass is 15.1. The average molecular weight is 1090 g/mol. The molecule has 0 radical (unpaired) electrons. The molecule has 0 N–H and O–H groups in total. The molecule has 0 fully saturated rings. The van der Waals surface area contributed by atoms with Crippen LogP contribution in [0.25, 0.3) is 134 Å². The molecule has 0 amide bonds. The van der Waals surface area contributed by atoms with Gasteiger partial charge in [-0.3, -0.25) is 0 Å². The van der Waals surface area contributed by atoms with Crippen LogP contribution in [-0.2, 0) is 0 Å². The van der Waals surface area contributed by atoms with Crippen molar-refractivity contribution in [1.29, 1.82) is 5.26 Å². The van der Waals surface area contributed by atoms with E-state index in [4.69, 9.17) is 49.8 Å². The van der Waals surface area contributed by atoms with Crippen LogP contribution in [0.4, 0.5) is 0 Å². The Bertz CT molecular complexity index is 4730. The van der Waals surface area contributed by atoms with Crippen LogP contribution >= 0.6 is 0 Å². The first-order chi connectivity index (χ1) is 40.8. The highest BCUT2D eigenvalue weighted by molar-refractivity contribution is 6.13. The molecule has 0 aliphatic rings. The maximum atomic E-state index is 11.8. The van der Waals surface area contributed by atoms with Crippen LogP contribution in [0.2, 0.25) is 0 Å². The summed E-state index contributed by atoms with van der Waals surface area (Å²) in [5, 5.41) is 15.4. The van der Waals surface area contributed by atoms with Gasteiger partial charge in [0.1, 0.15) is 52.7 Å². The summed E-state index contributed by atoms with van der Waals surface area (Å²) in [5.74, 6) is 7.62. The molecule has 402 valence electrons. The van der Waals surface area contributed by atoms with E-state index in [0.717, 1.165) is 88.4 Å². The third-order valence-electron chi connectivity index (χ3n) is 14.8. The molecular formula is C67H49N17. The van der Waals surface area contributed by atoms with E-state index in [-0.39, 0.29) is 0 Å². The van der Waals surface area contributed by atoms with Gasteiger partial charge in [0.25, 0.3) is 0 Å². The summed E-state index contributed by atoms with van der Waals surface area (Å²) < 4.78 is 4.35. The summed E-state index contributed by atoms with van der Waals surface area (Å²) in [4.78, 5) is 67.1. The fourth-order valence-electron chi connectivity index (χ4n) is 11.4. The van der Waals surface area contributed by atoms with E-state index >= 15 is 0 Å². The number of nitrogens with zero attached hydrogens (tertiary/aromatic N) is 17. The minimum absolute atomic E-state index is 0.395. The number of hydrogen-bond acceptors (Lipinski definition) is 15. The Balaban J connectivity index is 1.10. The normalized spacial score (nSPS) is 11.6. The van der Waals surface area contributed by atoms with Crippen LogP contribution in [0.1, 0.15) is 52.2 Å². The highest BCUT2D eigenvalue weighted by Gasteiger charge is 2.26. The van der Waals surface area contributed by atoms with Crippen LogP contribution in [0.15, 0.2) is 152 Å². The first kappa shape index (κ1) is 50.9. The van der Waals surface area contributed by atoms with Gasteiger partial charge in [-0.1, -0.05) is 60.7 Å². The van der Waals surface area contributed by atoms with Gasteiger partial charge in [-0.2, -0.15) is 5.26 Å². The quantitative estimate of drug-likeness (QED) is 0.131. The van der Waals surface area contributed by atoms with Gasteiger partial charge in [-0.25, -0.2) is 69.8 Å². The van der Waals surface area contributed by atoms with Crippen molar-refractivity contribution < 1.29 is 0 Å². The van der Waals surface area contributed by atoms with Crippen molar-refractivity contribution in [2.24, 2.45) is 0 Å². The third kappa shape index (κ3) is 9.08. The molecule has 14 aromatic rings. The van der Waals surface area contributed by atoms with Gasteiger partial charge in [0.2, 0.25) is 0 Å². The molecule has 84 heavy (non-hydrogen) atoms. The topological polar surface area (TPSA) is 214 Å². The SMILES string of the molecule is Cc1nc(C)nc(-c2ccc3c(c2)c2cc(-c4nc(C)nc(C)n4)ccc2n3-c2cc(-c3nc(-c4ccccc4)cc(-c4ccccc4)n3)c(-n3c4ccc(-c5nc(C)nc(C)n5)cc4c4cc(-c5nc(C)nc(C)n5)ccc43)cc2C#N)n1. The van der Waals surface area contributed by atoms with Gasteiger partial charge in [0, 0.05) is 60.5 Å². The molecule has 0 aliphatic carbocycles. The average Bonchev–Trinajstić information content (AvgIpc) is 2.08.